The second kappa shape index (κ2) is 8.63. The molecular formula is C20H29F2N3O2. The van der Waals surface area contributed by atoms with Gasteiger partial charge in [0.1, 0.15) is 0 Å². The van der Waals surface area contributed by atoms with Gasteiger partial charge < -0.3 is 14.9 Å². The highest BCUT2D eigenvalue weighted by molar-refractivity contribution is 5.86. The Morgan fingerprint density at radius 3 is 2.52 bits per heavy atom. The van der Waals surface area contributed by atoms with Gasteiger partial charge in [0, 0.05) is 51.4 Å². The fourth-order valence-corrected chi connectivity index (χ4v) is 4.10. The van der Waals surface area contributed by atoms with Crippen molar-refractivity contribution >= 4 is 5.91 Å². The van der Waals surface area contributed by atoms with Crippen LogP contribution in [-0.2, 0) is 11.3 Å². The molecule has 3 rings (SSSR count). The zero-order valence-electron chi connectivity index (χ0n) is 16.0. The van der Waals surface area contributed by atoms with Gasteiger partial charge >= 0.3 is 0 Å². The number of likely N-dealkylation sites (tertiary alicyclic amines) is 1. The topological polar surface area (TPSA) is 47.0 Å². The molecule has 27 heavy (non-hydrogen) atoms. The molecule has 2 heterocycles. The molecule has 0 radical (unpaired) electrons. The summed E-state index contributed by atoms with van der Waals surface area (Å²) in [5.41, 5.74) is -1.31. The summed E-state index contributed by atoms with van der Waals surface area (Å²) in [5, 5.41) is 11.0. The number of halogens is 2. The molecule has 0 aromatic heterocycles. The molecule has 0 bridgehead atoms. The number of β-amino-alcohol motifs (C(OH)–C–C–N with tert-alkyl or cyclic N) is 1. The van der Waals surface area contributed by atoms with Gasteiger partial charge in [-0.3, -0.25) is 9.69 Å². The minimum absolute atomic E-state index is 0.0188. The highest BCUT2D eigenvalue weighted by Gasteiger charge is 2.43. The van der Waals surface area contributed by atoms with E-state index in [-0.39, 0.29) is 18.0 Å². The van der Waals surface area contributed by atoms with Crippen molar-refractivity contribution in [3.63, 3.8) is 0 Å². The van der Waals surface area contributed by atoms with Gasteiger partial charge in [0.25, 0.3) is 5.91 Å². The lowest BCUT2D eigenvalue weighted by Gasteiger charge is -2.43. The van der Waals surface area contributed by atoms with E-state index in [1.165, 1.54) is 17.0 Å². The van der Waals surface area contributed by atoms with Crippen molar-refractivity contribution in [3.05, 3.63) is 35.4 Å². The second-order valence-electron chi connectivity index (χ2n) is 7.69. The molecule has 2 aliphatic rings. The Labute approximate surface area is 159 Å². The van der Waals surface area contributed by atoms with E-state index >= 15 is 0 Å². The molecule has 2 fully saturated rings. The number of benzene rings is 1. The lowest BCUT2D eigenvalue weighted by Crippen LogP contribution is -2.60. The summed E-state index contributed by atoms with van der Waals surface area (Å²) in [6.07, 6.45) is 2.17. The van der Waals surface area contributed by atoms with E-state index < -0.39 is 17.2 Å². The van der Waals surface area contributed by atoms with Gasteiger partial charge in [0.2, 0.25) is 0 Å². The van der Waals surface area contributed by atoms with Gasteiger partial charge in [-0.05, 0) is 31.9 Å². The minimum Gasteiger partial charge on any atom is -0.379 e. The third kappa shape index (κ3) is 4.65. The third-order valence-electron chi connectivity index (χ3n) is 5.59. The maximum atomic E-state index is 14.0. The quantitative estimate of drug-likeness (QED) is 0.817. The van der Waals surface area contributed by atoms with Crippen LogP contribution in [0.15, 0.2) is 18.2 Å². The van der Waals surface area contributed by atoms with Crippen molar-refractivity contribution in [2.45, 2.75) is 38.3 Å². The standard InChI is InChI=1S/C20H29F2N3O2/c1-2-8-23-10-12-24(13-11-23)15-20(27)7-4-9-25(19(20)26)14-16-5-3-6-17(21)18(16)22/h3,5-6,27H,2,4,7-15H2,1H3. The van der Waals surface area contributed by atoms with Crippen LogP contribution in [0.1, 0.15) is 31.7 Å². The molecular weight excluding hydrogens is 352 g/mol. The van der Waals surface area contributed by atoms with E-state index in [0.717, 1.165) is 45.2 Å². The Hall–Kier alpha value is -1.57. The third-order valence-corrected chi connectivity index (χ3v) is 5.59. The lowest BCUT2D eigenvalue weighted by atomic mass is 9.90. The van der Waals surface area contributed by atoms with Crippen molar-refractivity contribution < 1.29 is 18.7 Å². The monoisotopic (exact) mass is 381 g/mol. The molecule has 0 spiro atoms. The molecule has 2 aliphatic heterocycles. The van der Waals surface area contributed by atoms with Gasteiger partial charge in [-0.1, -0.05) is 19.1 Å². The van der Waals surface area contributed by atoms with E-state index in [2.05, 4.69) is 16.7 Å². The van der Waals surface area contributed by atoms with Crippen LogP contribution in [0, 0.1) is 11.6 Å². The smallest absolute Gasteiger partial charge is 0.256 e. The zero-order valence-corrected chi connectivity index (χ0v) is 16.0. The normalized spacial score (nSPS) is 25.2. The van der Waals surface area contributed by atoms with Crippen molar-refractivity contribution in [2.75, 3.05) is 45.8 Å². The number of amides is 1. The van der Waals surface area contributed by atoms with Crippen molar-refractivity contribution in [1.82, 2.24) is 14.7 Å². The molecule has 1 N–H and O–H groups in total. The van der Waals surface area contributed by atoms with Gasteiger partial charge in [-0.15, -0.1) is 0 Å². The molecule has 1 unspecified atom stereocenters. The first kappa shape index (κ1) is 20.2. The number of piperazine rings is 1. The number of carbonyl (C=O) groups is 1. The average molecular weight is 381 g/mol. The lowest BCUT2D eigenvalue weighted by molar-refractivity contribution is -0.160. The van der Waals surface area contributed by atoms with E-state index in [0.29, 0.717) is 25.9 Å². The minimum atomic E-state index is -1.45. The maximum absolute atomic E-state index is 14.0. The molecule has 0 aliphatic carbocycles. The second-order valence-corrected chi connectivity index (χ2v) is 7.69. The van der Waals surface area contributed by atoms with E-state index in [1.807, 2.05) is 0 Å². The summed E-state index contributed by atoms with van der Waals surface area (Å²) in [6, 6.07) is 3.97. The number of carbonyl (C=O) groups excluding carboxylic acids is 1. The van der Waals surface area contributed by atoms with Crippen LogP contribution in [0.3, 0.4) is 0 Å². The fraction of sp³-hybridized carbons (Fsp3) is 0.650. The first-order chi connectivity index (χ1) is 12.9. The van der Waals surface area contributed by atoms with Crippen molar-refractivity contribution in [2.24, 2.45) is 0 Å². The summed E-state index contributed by atoms with van der Waals surface area (Å²) < 4.78 is 27.4. The Balaban J connectivity index is 1.62. The van der Waals surface area contributed by atoms with Crippen LogP contribution < -0.4 is 0 Å². The van der Waals surface area contributed by atoms with E-state index in [1.54, 1.807) is 0 Å². The number of piperidine rings is 1. The Kier molecular flexibility index (Phi) is 6.44. The first-order valence-corrected chi connectivity index (χ1v) is 9.82. The fourth-order valence-electron chi connectivity index (χ4n) is 4.10. The summed E-state index contributed by atoms with van der Waals surface area (Å²) in [6.45, 7) is 7.50. The van der Waals surface area contributed by atoms with Gasteiger partial charge in [0.05, 0.1) is 0 Å². The van der Waals surface area contributed by atoms with Crippen molar-refractivity contribution in [3.8, 4) is 0 Å². The molecule has 7 heteroatoms. The van der Waals surface area contributed by atoms with Crippen LogP contribution in [0.2, 0.25) is 0 Å². The van der Waals surface area contributed by atoms with Gasteiger partial charge in [-0.25, -0.2) is 8.78 Å². The maximum Gasteiger partial charge on any atom is 0.256 e. The molecule has 1 atom stereocenters. The molecule has 0 saturated carbocycles. The molecule has 150 valence electrons. The summed E-state index contributed by atoms with van der Waals surface area (Å²) in [4.78, 5) is 18.9. The van der Waals surface area contributed by atoms with Crippen LogP contribution in [-0.4, -0.2) is 77.1 Å². The largest absolute Gasteiger partial charge is 0.379 e. The average Bonchev–Trinajstić information content (AvgIpc) is 2.65. The molecule has 1 amide bonds. The van der Waals surface area contributed by atoms with Crippen molar-refractivity contribution in [1.29, 1.82) is 0 Å². The zero-order chi connectivity index (χ0) is 19.4. The predicted molar refractivity (Wildman–Crippen MR) is 99.1 cm³/mol. The summed E-state index contributed by atoms with van der Waals surface area (Å²) in [5.74, 6) is -2.22. The van der Waals surface area contributed by atoms with Crippen LogP contribution in [0.5, 0.6) is 0 Å². The summed E-state index contributed by atoms with van der Waals surface area (Å²) in [7, 11) is 0. The van der Waals surface area contributed by atoms with Crippen LogP contribution in [0.25, 0.3) is 0 Å². The number of nitrogens with zero attached hydrogens (tertiary/aromatic N) is 3. The van der Waals surface area contributed by atoms with E-state index in [9.17, 15) is 18.7 Å². The molecule has 2 saturated heterocycles. The highest BCUT2D eigenvalue weighted by Crippen LogP contribution is 2.26. The number of aliphatic hydroxyl groups is 1. The number of hydrogen-bond donors (Lipinski definition) is 1. The Morgan fingerprint density at radius 2 is 1.81 bits per heavy atom. The molecule has 1 aromatic carbocycles. The Bertz CT molecular complexity index is 665. The number of rotatable bonds is 6. The van der Waals surface area contributed by atoms with Gasteiger partial charge in [-0.2, -0.15) is 0 Å². The van der Waals surface area contributed by atoms with E-state index in [4.69, 9.17) is 0 Å². The Morgan fingerprint density at radius 1 is 1.11 bits per heavy atom. The first-order valence-electron chi connectivity index (χ1n) is 9.82. The number of hydrogen-bond acceptors (Lipinski definition) is 4. The van der Waals surface area contributed by atoms with Crippen LogP contribution in [0.4, 0.5) is 8.78 Å². The van der Waals surface area contributed by atoms with Crippen LogP contribution >= 0.6 is 0 Å². The summed E-state index contributed by atoms with van der Waals surface area (Å²) >= 11 is 0. The highest BCUT2D eigenvalue weighted by atomic mass is 19.2. The predicted octanol–water partition coefficient (Wildman–Crippen LogP) is 1.85. The molecule has 1 aromatic rings. The molecule has 5 nitrogen and oxygen atoms in total. The SMILES string of the molecule is CCCN1CCN(CC2(O)CCCN(Cc3cccc(F)c3F)C2=O)CC1. The van der Waals surface area contributed by atoms with Gasteiger partial charge in [0.15, 0.2) is 17.2 Å².